The zero-order valence-corrected chi connectivity index (χ0v) is 11.4. The molecular weight excluding hydrogens is 260 g/mol. The summed E-state index contributed by atoms with van der Waals surface area (Å²) in [5.74, 6) is 0.883. The van der Waals surface area contributed by atoms with Gasteiger partial charge in [0, 0.05) is 17.4 Å². The van der Waals surface area contributed by atoms with E-state index in [9.17, 15) is 9.59 Å². The molecule has 2 aliphatic rings. The Bertz CT molecular complexity index is 526. The zero-order chi connectivity index (χ0) is 13.2. The van der Waals surface area contributed by atoms with Crippen LogP contribution in [0.1, 0.15) is 24.8 Å². The summed E-state index contributed by atoms with van der Waals surface area (Å²) in [6.45, 7) is 0.531. The summed E-state index contributed by atoms with van der Waals surface area (Å²) < 4.78 is 0. The van der Waals surface area contributed by atoms with E-state index in [1.165, 1.54) is 6.42 Å². The first-order chi connectivity index (χ1) is 9.22. The quantitative estimate of drug-likeness (QED) is 0.889. The Hall–Kier alpha value is -1.49. The number of hydrogen-bond donors (Lipinski definition) is 2. The van der Waals surface area contributed by atoms with Crippen molar-refractivity contribution in [2.75, 3.05) is 11.1 Å². The van der Waals surface area contributed by atoms with Crippen LogP contribution in [0.3, 0.4) is 0 Å². The Morgan fingerprint density at radius 2 is 2.26 bits per heavy atom. The van der Waals surface area contributed by atoms with Gasteiger partial charge in [-0.05, 0) is 30.5 Å². The molecule has 2 amide bonds. The highest BCUT2D eigenvalue weighted by Crippen LogP contribution is 2.32. The Morgan fingerprint density at radius 3 is 3.00 bits per heavy atom. The van der Waals surface area contributed by atoms with Crippen LogP contribution in [0, 0.1) is 5.92 Å². The summed E-state index contributed by atoms with van der Waals surface area (Å²) in [6, 6.07) is 5.95. The first-order valence-electron chi connectivity index (χ1n) is 6.55. The van der Waals surface area contributed by atoms with Crippen molar-refractivity contribution in [3.63, 3.8) is 0 Å². The van der Waals surface area contributed by atoms with Gasteiger partial charge in [0.05, 0.1) is 11.4 Å². The molecule has 100 valence electrons. The minimum Gasteiger partial charge on any atom is -0.352 e. The second-order valence-electron chi connectivity index (χ2n) is 5.01. The molecule has 0 radical (unpaired) electrons. The van der Waals surface area contributed by atoms with E-state index in [0.717, 1.165) is 29.0 Å². The van der Waals surface area contributed by atoms with Gasteiger partial charge in [-0.1, -0.05) is 12.5 Å². The van der Waals surface area contributed by atoms with Gasteiger partial charge in [-0.2, -0.15) is 0 Å². The molecule has 19 heavy (non-hydrogen) atoms. The van der Waals surface area contributed by atoms with Crippen molar-refractivity contribution in [3.05, 3.63) is 23.8 Å². The zero-order valence-electron chi connectivity index (χ0n) is 10.6. The molecule has 1 fully saturated rings. The minimum atomic E-state index is 0.0353. The third-order valence-corrected chi connectivity index (χ3v) is 4.69. The average Bonchev–Trinajstić information content (AvgIpc) is 2.33. The molecule has 1 aromatic carbocycles. The van der Waals surface area contributed by atoms with E-state index in [-0.39, 0.29) is 17.7 Å². The highest BCUT2D eigenvalue weighted by atomic mass is 32.2. The maximum Gasteiger partial charge on any atom is 0.234 e. The van der Waals surface area contributed by atoms with Gasteiger partial charge in [-0.15, -0.1) is 11.8 Å². The summed E-state index contributed by atoms with van der Waals surface area (Å²) in [4.78, 5) is 24.2. The van der Waals surface area contributed by atoms with Crippen LogP contribution in [0.25, 0.3) is 0 Å². The van der Waals surface area contributed by atoms with Crippen LogP contribution in [0.5, 0.6) is 0 Å². The second-order valence-corrected chi connectivity index (χ2v) is 6.03. The van der Waals surface area contributed by atoms with Crippen molar-refractivity contribution in [3.8, 4) is 0 Å². The highest BCUT2D eigenvalue weighted by molar-refractivity contribution is 8.00. The second kappa shape index (κ2) is 5.25. The molecule has 1 aliphatic heterocycles. The molecule has 1 aromatic rings. The van der Waals surface area contributed by atoms with Gasteiger partial charge in [0.15, 0.2) is 0 Å². The molecular formula is C14H16N2O2S. The summed E-state index contributed by atoms with van der Waals surface area (Å²) >= 11 is 1.55. The number of benzene rings is 1. The van der Waals surface area contributed by atoms with Crippen molar-refractivity contribution in [1.29, 1.82) is 0 Å². The van der Waals surface area contributed by atoms with Crippen molar-refractivity contribution >= 4 is 29.3 Å². The molecule has 3 rings (SSSR count). The summed E-state index contributed by atoms with van der Waals surface area (Å²) in [5, 5.41) is 5.82. The molecule has 1 aliphatic carbocycles. The highest BCUT2D eigenvalue weighted by Gasteiger charge is 2.24. The van der Waals surface area contributed by atoms with Crippen LogP contribution in [-0.2, 0) is 16.1 Å². The number of rotatable bonds is 3. The first-order valence-corrected chi connectivity index (χ1v) is 7.54. The maximum absolute atomic E-state index is 11.8. The number of fused-ring (bicyclic) bond motifs is 1. The number of carbonyl (C=O) groups is 2. The molecule has 5 heteroatoms. The number of nitrogens with one attached hydrogen (secondary N) is 2. The summed E-state index contributed by atoms with van der Waals surface area (Å²) in [7, 11) is 0. The van der Waals surface area contributed by atoms with E-state index in [0.29, 0.717) is 12.3 Å². The van der Waals surface area contributed by atoms with Crippen molar-refractivity contribution in [2.45, 2.75) is 30.7 Å². The van der Waals surface area contributed by atoms with Gasteiger partial charge < -0.3 is 10.6 Å². The standard InChI is InChI=1S/C14H16N2O2S/c17-13-8-19-12-5-4-9(6-11(12)16-13)7-15-14(18)10-2-1-3-10/h4-6,10H,1-3,7-8H2,(H,15,18)(H,16,17). The number of hydrogen-bond acceptors (Lipinski definition) is 3. The molecule has 1 saturated carbocycles. The fourth-order valence-corrected chi connectivity index (χ4v) is 3.03. The van der Waals surface area contributed by atoms with E-state index in [1.54, 1.807) is 11.8 Å². The first kappa shape index (κ1) is 12.5. The third kappa shape index (κ3) is 2.76. The average molecular weight is 276 g/mol. The molecule has 1 heterocycles. The lowest BCUT2D eigenvalue weighted by atomic mass is 9.85. The van der Waals surface area contributed by atoms with Crippen molar-refractivity contribution < 1.29 is 9.59 Å². The molecule has 4 nitrogen and oxygen atoms in total. The van der Waals surface area contributed by atoms with Crippen molar-refractivity contribution in [1.82, 2.24) is 5.32 Å². The predicted molar refractivity (Wildman–Crippen MR) is 75.0 cm³/mol. The van der Waals surface area contributed by atoms with Gasteiger partial charge in [0.25, 0.3) is 0 Å². The maximum atomic E-state index is 11.8. The third-order valence-electron chi connectivity index (χ3n) is 3.62. The van der Waals surface area contributed by atoms with E-state index in [4.69, 9.17) is 0 Å². The lowest BCUT2D eigenvalue weighted by molar-refractivity contribution is -0.127. The molecule has 2 N–H and O–H groups in total. The smallest absolute Gasteiger partial charge is 0.234 e. The molecule has 0 bridgehead atoms. The molecule has 0 aromatic heterocycles. The predicted octanol–water partition coefficient (Wildman–Crippen LogP) is 2.15. The summed E-state index contributed by atoms with van der Waals surface area (Å²) in [6.07, 6.45) is 3.20. The molecule has 0 atom stereocenters. The van der Waals surface area contributed by atoms with E-state index >= 15 is 0 Å². The topological polar surface area (TPSA) is 58.2 Å². The number of anilines is 1. The lowest BCUT2D eigenvalue weighted by Crippen LogP contribution is -2.34. The van der Waals surface area contributed by atoms with Gasteiger partial charge in [-0.25, -0.2) is 0 Å². The number of carbonyl (C=O) groups excluding carboxylic acids is 2. The van der Waals surface area contributed by atoms with Gasteiger partial charge in [-0.3, -0.25) is 9.59 Å². The molecule has 0 unspecified atom stereocenters. The molecule has 0 saturated heterocycles. The SMILES string of the molecule is O=C1CSc2ccc(CNC(=O)C3CCC3)cc2N1. The van der Waals surface area contributed by atoms with Crippen LogP contribution >= 0.6 is 11.8 Å². The Kier molecular flexibility index (Phi) is 3.46. The molecule has 0 spiro atoms. The number of amides is 2. The summed E-state index contributed by atoms with van der Waals surface area (Å²) in [5.41, 5.74) is 1.88. The van der Waals surface area contributed by atoms with Crippen LogP contribution < -0.4 is 10.6 Å². The van der Waals surface area contributed by atoms with E-state index in [1.807, 2.05) is 18.2 Å². The lowest BCUT2D eigenvalue weighted by Gasteiger charge is -2.24. The van der Waals surface area contributed by atoms with Crippen LogP contribution in [0.15, 0.2) is 23.1 Å². The van der Waals surface area contributed by atoms with Crippen molar-refractivity contribution in [2.24, 2.45) is 5.92 Å². The Labute approximate surface area is 116 Å². The van der Waals surface area contributed by atoms with Gasteiger partial charge in [0.1, 0.15) is 0 Å². The van der Waals surface area contributed by atoms with E-state index < -0.39 is 0 Å². The fraction of sp³-hybridized carbons (Fsp3) is 0.429. The van der Waals surface area contributed by atoms with Crippen LogP contribution in [-0.4, -0.2) is 17.6 Å². The van der Waals surface area contributed by atoms with Crippen LogP contribution in [0.4, 0.5) is 5.69 Å². The minimum absolute atomic E-state index is 0.0353. The number of thioether (sulfide) groups is 1. The van der Waals surface area contributed by atoms with E-state index in [2.05, 4.69) is 10.6 Å². The monoisotopic (exact) mass is 276 g/mol. The Morgan fingerprint density at radius 1 is 1.42 bits per heavy atom. The normalized spacial score (nSPS) is 18.2. The Balaban J connectivity index is 1.63. The fourth-order valence-electron chi connectivity index (χ4n) is 2.24. The van der Waals surface area contributed by atoms with Gasteiger partial charge >= 0.3 is 0 Å². The van der Waals surface area contributed by atoms with Gasteiger partial charge in [0.2, 0.25) is 11.8 Å². The largest absolute Gasteiger partial charge is 0.352 e. The van der Waals surface area contributed by atoms with Crippen LogP contribution in [0.2, 0.25) is 0 Å².